The normalized spacial score (nSPS) is 23.5. The zero-order valence-corrected chi connectivity index (χ0v) is 22.5. The number of hydrogen-bond acceptors (Lipinski definition) is 8. The molecule has 13 nitrogen and oxygen atoms in total. The van der Waals surface area contributed by atoms with Crippen LogP contribution in [-0.4, -0.2) is 120 Å². The van der Waals surface area contributed by atoms with Crippen LogP contribution in [0, 0.1) is 0 Å². The van der Waals surface area contributed by atoms with Gasteiger partial charge in [-0.25, -0.2) is 4.79 Å². The maximum Gasteiger partial charge on any atom is 0.320 e. The van der Waals surface area contributed by atoms with E-state index in [9.17, 15) is 29.1 Å². The smallest absolute Gasteiger partial charge is 0.320 e. The molecule has 3 unspecified atom stereocenters. The molecule has 0 aliphatic carbocycles. The van der Waals surface area contributed by atoms with Gasteiger partial charge in [-0.2, -0.15) is 0 Å². The molecule has 5 amide bonds. The average molecular weight is 568 g/mol. The van der Waals surface area contributed by atoms with E-state index in [1.54, 1.807) is 21.9 Å². The van der Waals surface area contributed by atoms with Crippen LogP contribution in [0.25, 0.3) is 10.8 Å². The standard InChI is InChI=1S/C28H33N5O8/c34-23(29-21-15-24(35)41-27(21)38)17-32-8-3-9-33(28(39)31-10-12-40-13-11-31)16-22(26(32)37)30-25(36)20-7-6-18-4-1-2-5-19(18)14-20/h1-2,4-7,14,21-22,27,38H,3,8-13,15-17H2,(H,29,34)(H,30,36). The largest absolute Gasteiger partial charge is 0.434 e. The molecule has 3 atom stereocenters. The second-order valence-electron chi connectivity index (χ2n) is 10.3. The first-order chi connectivity index (χ1) is 19.8. The summed E-state index contributed by atoms with van der Waals surface area (Å²) in [6.07, 6.45) is -1.22. The molecule has 0 saturated carbocycles. The molecule has 3 saturated heterocycles. The highest BCUT2D eigenvalue weighted by atomic mass is 16.6. The molecule has 3 heterocycles. The van der Waals surface area contributed by atoms with Crippen LogP contribution in [0.2, 0.25) is 0 Å². The van der Waals surface area contributed by atoms with Gasteiger partial charge in [0.25, 0.3) is 5.91 Å². The third kappa shape index (κ3) is 6.74. The molecule has 3 fully saturated rings. The van der Waals surface area contributed by atoms with Crippen molar-refractivity contribution in [1.82, 2.24) is 25.3 Å². The quantitative estimate of drug-likeness (QED) is 0.415. The van der Waals surface area contributed by atoms with E-state index in [2.05, 4.69) is 15.4 Å². The second-order valence-corrected chi connectivity index (χ2v) is 10.3. The minimum Gasteiger partial charge on any atom is -0.434 e. The van der Waals surface area contributed by atoms with Gasteiger partial charge >= 0.3 is 12.0 Å². The van der Waals surface area contributed by atoms with Crippen molar-refractivity contribution in [2.75, 3.05) is 52.5 Å². The topological polar surface area (TPSA) is 158 Å². The molecule has 5 rings (SSSR count). The van der Waals surface area contributed by atoms with Crippen LogP contribution in [-0.2, 0) is 23.9 Å². The third-order valence-electron chi connectivity index (χ3n) is 7.40. The van der Waals surface area contributed by atoms with Gasteiger partial charge in [-0.3, -0.25) is 19.2 Å². The zero-order valence-electron chi connectivity index (χ0n) is 22.5. The minimum absolute atomic E-state index is 0.0733. The summed E-state index contributed by atoms with van der Waals surface area (Å²) >= 11 is 0. The fourth-order valence-electron chi connectivity index (χ4n) is 5.23. The predicted octanol–water partition coefficient (Wildman–Crippen LogP) is -0.325. The number of rotatable bonds is 5. The molecule has 3 aliphatic rings. The Hall–Kier alpha value is -4.23. The number of amides is 5. The molecule has 0 bridgehead atoms. The Bertz CT molecular complexity index is 1330. The second kappa shape index (κ2) is 12.5. The van der Waals surface area contributed by atoms with Gasteiger partial charge in [-0.15, -0.1) is 0 Å². The van der Waals surface area contributed by atoms with Gasteiger partial charge in [0, 0.05) is 31.7 Å². The van der Waals surface area contributed by atoms with Crippen molar-refractivity contribution in [3.8, 4) is 0 Å². The zero-order chi connectivity index (χ0) is 28.9. The summed E-state index contributed by atoms with van der Waals surface area (Å²) < 4.78 is 10.0. The molecular weight excluding hydrogens is 534 g/mol. The molecule has 3 N–H and O–H groups in total. The first-order valence-corrected chi connectivity index (χ1v) is 13.7. The molecule has 0 radical (unpaired) electrons. The van der Waals surface area contributed by atoms with Crippen molar-refractivity contribution in [3.05, 3.63) is 48.0 Å². The molecule has 2 aromatic rings. The molecular formula is C28H33N5O8. The number of cyclic esters (lactones) is 1. The SMILES string of the molecule is O=C(CN1CCCN(C(=O)N2CCOCC2)CC(NC(=O)c2ccc3ccccc3c2)C1=O)NC1CC(=O)OC1O. The predicted molar refractivity (Wildman–Crippen MR) is 144 cm³/mol. The summed E-state index contributed by atoms with van der Waals surface area (Å²) in [7, 11) is 0. The Morgan fingerprint density at radius 1 is 0.927 bits per heavy atom. The van der Waals surface area contributed by atoms with Gasteiger partial charge in [0.1, 0.15) is 12.1 Å². The first kappa shape index (κ1) is 28.3. The number of nitrogens with zero attached hydrogens (tertiary/aromatic N) is 3. The summed E-state index contributed by atoms with van der Waals surface area (Å²) in [6, 6.07) is 10.5. The van der Waals surface area contributed by atoms with Crippen molar-refractivity contribution in [2.45, 2.75) is 31.2 Å². The van der Waals surface area contributed by atoms with Crippen molar-refractivity contribution in [3.63, 3.8) is 0 Å². The van der Waals surface area contributed by atoms with E-state index < -0.39 is 42.1 Å². The highest BCUT2D eigenvalue weighted by Crippen LogP contribution is 2.17. The third-order valence-corrected chi connectivity index (χ3v) is 7.40. The summed E-state index contributed by atoms with van der Waals surface area (Å²) in [5, 5.41) is 17.0. The molecule has 218 valence electrons. The number of nitrogens with one attached hydrogen (secondary N) is 2. The average Bonchev–Trinajstić information content (AvgIpc) is 3.29. The highest BCUT2D eigenvalue weighted by Gasteiger charge is 2.37. The molecule has 3 aliphatic heterocycles. The molecule has 0 spiro atoms. The molecule has 2 aromatic carbocycles. The Morgan fingerprint density at radius 2 is 1.68 bits per heavy atom. The fraction of sp³-hybridized carbons (Fsp3) is 0.464. The van der Waals surface area contributed by atoms with Crippen LogP contribution >= 0.6 is 0 Å². The van der Waals surface area contributed by atoms with Gasteiger partial charge in [0.05, 0.1) is 32.7 Å². The number of ether oxygens (including phenoxy) is 2. The Kier molecular flexibility index (Phi) is 8.64. The van der Waals surface area contributed by atoms with Crippen LogP contribution in [0.1, 0.15) is 23.2 Å². The van der Waals surface area contributed by atoms with E-state index in [1.165, 1.54) is 4.90 Å². The molecule has 41 heavy (non-hydrogen) atoms. The summed E-state index contributed by atoms with van der Waals surface area (Å²) in [5.41, 5.74) is 0.355. The molecule has 13 heteroatoms. The van der Waals surface area contributed by atoms with E-state index in [0.29, 0.717) is 44.8 Å². The van der Waals surface area contributed by atoms with Gasteiger partial charge in [-0.05, 0) is 29.3 Å². The number of urea groups is 1. The Morgan fingerprint density at radius 3 is 2.41 bits per heavy atom. The monoisotopic (exact) mass is 567 g/mol. The van der Waals surface area contributed by atoms with Crippen LogP contribution in [0.3, 0.4) is 0 Å². The summed E-state index contributed by atoms with van der Waals surface area (Å²) in [6.45, 7) is 1.77. The fourth-order valence-corrected chi connectivity index (χ4v) is 5.23. The maximum atomic E-state index is 13.7. The highest BCUT2D eigenvalue weighted by molar-refractivity contribution is 6.01. The van der Waals surface area contributed by atoms with Crippen LogP contribution < -0.4 is 10.6 Å². The van der Waals surface area contributed by atoms with Crippen LogP contribution in [0.4, 0.5) is 4.79 Å². The van der Waals surface area contributed by atoms with Gasteiger partial charge in [-0.1, -0.05) is 30.3 Å². The lowest BCUT2D eigenvalue weighted by Crippen LogP contribution is -2.60. The number of carbonyl (C=O) groups is 5. The Balaban J connectivity index is 1.32. The number of aliphatic hydroxyl groups excluding tert-OH is 1. The molecule has 0 aromatic heterocycles. The number of esters is 1. The minimum atomic E-state index is -1.46. The van der Waals surface area contributed by atoms with Crippen molar-refractivity contribution in [1.29, 1.82) is 0 Å². The van der Waals surface area contributed by atoms with Gasteiger partial charge in [0.2, 0.25) is 18.1 Å². The summed E-state index contributed by atoms with van der Waals surface area (Å²) in [5.74, 6) is -2.22. The number of aliphatic hydroxyl groups is 1. The van der Waals surface area contributed by atoms with E-state index >= 15 is 0 Å². The van der Waals surface area contributed by atoms with Crippen molar-refractivity contribution in [2.24, 2.45) is 0 Å². The number of fused-ring (bicyclic) bond motifs is 1. The van der Waals surface area contributed by atoms with E-state index in [0.717, 1.165) is 10.8 Å². The lowest BCUT2D eigenvalue weighted by atomic mass is 10.1. The van der Waals surface area contributed by atoms with Gasteiger partial charge < -0.3 is 39.9 Å². The van der Waals surface area contributed by atoms with E-state index in [4.69, 9.17) is 4.74 Å². The number of benzene rings is 2. The summed E-state index contributed by atoms with van der Waals surface area (Å²) in [4.78, 5) is 69.1. The van der Waals surface area contributed by atoms with E-state index in [-0.39, 0.29) is 32.1 Å². The van der Waals surface area contributed by atoms with Crippen molar-refractivity contribution < 1.29 is 38.6 Å². The lowest BCUT2D eigenvalue weighted by Gasteiger charge is -2.38. The Labute approximate surface area is 236 Å². The van der Waals surface area contributed by atoms with Crippen LogP contribution in [0.5, 0.6) is 0 Å². The number of hydrogen-bond donors (Lipinski definition) is 3. The van der Waals surface area contributed by atoms with Crippen LogP contribution in [0.15, 0.2) is 42.5 Å². The van der Waals surface area contributed by atoms with E-state index in [1.807, 2.05) is 30.3 Å². The number of carbonyl (C=O) groups excluding carboxylic acids is 5. The number of morpholine rings is 1. The lowest BCUT2D eigenvalue weighted by molar-refractivity contribution is -0.155. The maximum absolute atomic E-state index is 13.7. The van der Waals surface area contributed by atoms with Crippen molar-refractivity contribution >= 4 is 40.5 Å². The van der Waals surface area contributed by atoms with Gasteiger partial charge in [0.15, 0.2) is 0 Å². The first-order valence-electron chi connectivity index (χ1n) is 13.7.